The molecule has 0 spiro atoms. The van der Waals surface area contributed by atoms with Crippen molar-refractivity contribution in [3.63, 3.8) is 0 Å². The first-order valence-electron chi connectivity index (χ1n) is 14.6. The average Bonchev–Trinajstić information content (AvgIpc) is 2.80. The second kappa shape index (κ2) is 28.5. The molecule has 0 aliphatic rings. The predicted molar refractivity (Wildman–Crippen MR) is 139 cm³/mol. The molecular weight excluding hydrogens is 396 g/mol. The highest BCUT2D eigenvalue weighted by molar-refractivity contribution is 5.69. The second-order valence-electron chi connectivity index (χ2n) is 9.83. The number of carbonyl (C=O) groups is 1. The van der Waals surface area contributed by atoms with E-state index in [0.717, 1.165) is 32.1 Å². The second-order valence-corrected chi connectivity index (χ2v) is 9.83. The maximum atomic E-state index is 11.8. The van der Waals surface area contributed by atoms with Crippen molar-refractivity contribution >= 4 is 5.97 Å². The number of hydrogen-bond donors (Lipinski definition) is 1. The lowest BCUT2D eigenvalue weighted by atomic mass is 10.0. The minimum Gasteiger partial charge on any atom is -0.466 e. The van der Waals surface area contributed by atoms with E-state index in [2.05, 4.69) is 6.92 Å². The van der Waals surface area contributed by atoms with Crippen LogP contribution in [0.15, 0.2) is 0 Å². The molecule has 0 heterocycles. The van der Waals surface area contributed by atoms with Gasteiger partial charge in [-0.25, -0.2) is 0 Å². The molecule has 32 heavy (non-hydrogen) atoms. The van der Waals surface area contributed by atoms with Crippen molar-refractivity contribution in [3.05, 3.63) is 0 Å². The van der Waals surface area contributed by atoms with Gasteiger partial charge in [-0.05, 0) is 19.3 Å². The number of esters is 1. The van der Waals surface area contributed by atoms with Crippen molar-refractivity contribution in [2.24, 2.45) is 0 Å². The molecule has 0 aliphatic heterocycles. The lowest BCUT2D eigenvalue weighted by Crippen LogP contribution is -2.05. The first kappa shape index (κ1) is 31.4. The highest BCUT2D eigenvalue weighted by Gasteiger charge is 2.02. The minimum absolute atomic E-state index is 0.00564. The van der Waals surface area contributed by atoms with Gasteiger partial charge in [0.1, 0.15) is 0 Å². The fourth-order valence-electron chi connectivity index (χ4n) is 4.35. The number of rotatable bonds is 27. The number of aliphatic hydroxyl groups is 1. The highest BCUT2D eigenvalue weighted by Crippen LogP contribution is 2.14. The molecule has 0 aromatic heterocycles. The summed E-state index contributed by atoms with van der Waals surface area (Å²) in [5.74, 6) is -0.00564. The van der Waals surface area contributed by atoms with E-state index in [-0.39, 0.29) is 5.97 Å². The molecule has 0 radical (unpaired) electrons. The van der Waals surface area contributed by atoms with Crippen LogP contribution in [-0.2, 0) is 9.53 Å². The van der Waals surface area contributed by atoms with Gasteiger partial charge in [0.15, 0.2) is 0 Å². The zero-order valence-electron chi connectivity index (χ0n) is 21.9. The van der Waals surface area contributed by atoms with E-state index in [1.807, 2.05) is 0 Å². The van der Waals surface area contributed by atoms with Gasteiger partial charge in [0.2, 0.25) is 0 Å². The van der Waals surface area contributed by atoms with E-state index in [1.165, 1.54) is 122 Å². The number of aliphatic hydroxyl groups excluding tert-OH is 1. The van der Waals surface area contributed by atoms with Crippen LogP contribution in [-0.4, -0.2) is 24.3 Å². The largest absolute Gasteiger partial charge is 0.466 e. The van der Waals surface area contributed by atoms with Crippen molar-refractivity contribution in [1.82, 2.24) is 0 Å². The topological polar surface area (TPSA) is 46.5 Å². The van der Waals surface area contributed by atoms with Gasteiger partial charge in [-0.1, -0.05) is 142 Å². The lowest BCUT2D eigenvalue weighted by molar-refractivity contribution is -0.143. The molecule has 0 saturated carbocycles. The van der Waals surface area contributed by atoms with Crippen molar-refractivity contribution < 1.29 is 14.6 Å². The van der Waals surface area contributed by atoms with Gasteiger partial charge in [0.25, 0.3) is 0 Å². The summed E-state index contributed by atoms with van der Waals surface area (Å²) in [7, 11) is 0. The molecule has 1 N–H and O–H groups in total. The fraction of sp³-hybridized carbons (Fsp3) is 0.966. The molecule has 192 valence electrons. The van der Waals surface area contributed by atoms with E-state index >= 15 is 0 Å². The van der Waals surface area contributed by atoms with Crippen molar-refractivity contribution in [2.45, 2.75) is 167 Å². The Kier molecular flexibility index (Phi) is 28.0. The van der Waals surface area contributed by atoms with Gasteiger partial charge < -0.3 is 9.84 Å². The number of ether oxygens (including phenoxy) is 1. The summed E-state index contributed by atoms with van der Waals surface area (Å²) < 4.78 is 5.34. The Morgan fingerprint density at radius 1 is 0.500 bits per heavy atom. The molecule has 0 unspecified atom stereocenters. The quantitative estimate of drug-likeness (QED) is 0.0993. The van der Waals surface area contributed by atoms with Crippen LogP contribution in [0.2, 0.25) is 0 Å². The first-order chi connectivity index (χ1) is 15.8. The van der Waals surface area contributed by atoms with Crippen LogP contribution >= 0.6 is 0 Å². The summed E-state index contributed by atoms with van der Waals surface area (Å²) in [4.78, 5) is 11.8. The first-order valence-corrected chi connectivity index (χ1v) is 14.6. The number of carbonyl (C=O) groups excluding carboxylic acids is 1. The maximum Gasteiger partial charge on any atom is 0.305 e. The Labute approximate surface area is 201 Å². The van der Waals surface area contributed by atoms with Gasteiger partial charge in [-0.15, -0.1) is 0 Å². The molecule has 3 heteroatoms. The summed E-state index contributed by atoms with van der Waals surface area (Å²) >= 11 is 0. The van der Waals surface area contributed by atoms with E-state index in [9.17, 15) is 4.79 Å². The van der Waals surface area contributed by atoms with E-state index in [1.54, 1.807) is 0 Å². The molecule has 0 saturated heterocycles. The third kappa shape index (κ3) is 27.5. The standard InChI is InChI=1S/C29H58O3/c1-2-3-4-5-6-7-8-9-10-11-12-13-14-15-17-20-23-26-29(31)32-28-25-22-19-16-18-21-24-27-30/h30H,2-28H2,1H3. The zero-order chi connectivity index (χ0) is 23.4. The predicted octanol–water partition coefficient (Wildman–Crippen LogP) is 9.29. The average molecular weight is 455 g/mol. The van der Waals surface area contributed by atoms with E-state index < -0.39 is 0 Å². The highest BCUT2D eigenvalue weighted by atomic mass is 16.5. The summed E-state index contributed by atoms with van der Waals surface area (Å²) in [5, 5.41) is 8.74. The summed E-state index contributed by atoms with van der Waals surface area (Å²) in [6, 6.07) is 0. The molecular formula is C29H58O3. The Balaban J connectivity index is 3.12. The van der Waals surface area contributed by atoms with Gasteiger partial charge in [-0.2, -0.15) is 0 Å². The Morgan fingerprint density at radius 2 is 0.844 bits per heavy atom. The molecule has 0 aromatic carbocycles. The summed E-state index contributed by atoms with van der Waals surface area (Å²) in [6.07, 6.45) is 31.6. The molecule has 0 aliphatic carbocycles. The molecule has 0 bridgehead atoms. The molecule has 0 amide bonds. The molecule has 0 atom stereocenters. The van der Waals surface area contributed by atoms with Crippen LogP contribution in [0.25, 0.3) is 0 Å². The number of hydrogen-bond acceptors (Lipinski definition) is 3. The third-order valence-electron chi connectivity index (χ3n) is 6.55. The fourth-order valence-corrected chi connectivity index (χ4v) is 4.35. The smallest absolute Gasteiger partial charge is 0.305 e. The SMILES string of the molecule is CCCCCCCCCCCCCCCCCCCC(=O)OCCCCCCCCCO. The monoisotopic (exact) mass is 454 g/mol. The van der Waals surface area contributed by atoms with Gasteiger partial charge >= 0.3 is 5.97 Å². The van der Waals surface area contributed by atoms with Gasteiger partial charge in [-0.3, -0.25) is 4.79 Å². The van der Waals surface area contributed by atoms with Crippen LogP contribution in [0.3, 0.4) is 0 Å². The minimum atomic E-state index is -0.00564. The number of unbranched alkanes of at least 4 members (excludes halogenated alkanes) is 22. The maximum absolute atomic E-state index is 11.8. The molecule has 0 rings (SSSR count). The summed E-state index contributed by atoms with van der Waals surface area (Å²) in [5.41, 5.74) is 0. The Hall–Kier alpha value is -0.570. The molecule has 0 fully saturated rings. The van der Waals surface area contributed by atoms with E-state index in [0.29, 0.717) is 19.6 Å². The van der Waals surface area contributed by atoms with Crippen LogP contribution in [0.5, 0.6) is 0 Å². The van der Waals surface area contributed by atoms with Crippen LogP contribution in [0.1, 0.15) is 167 Å². The van der Waals surface area contributed by atoms with Crippen LogP contribution in [0, 0.1) is 0 Å². The normalized spacial score (nSPS) is 11.2. The lowest BCUT2D eigenvalue weighted by Gasteiger charge is -2.05. The van der Waals surface area contributed by atoms with Crippen molar-refractivity contribution in [1.29, 1.82) is 0 Å². The Bertz CT molecular complexity index is 356. The van der Waals surface area contributed by atoms with Gasteiger partial charge in [0.05, 0.1) is 6.61 Å². The van der Waals surface area contributed by atoms with Gasteiger partial charge in [0, 0.05) is 13.0 Å². The molecule has 0 aromatic rings. The zero-order valence-corrected chi connectivity index (χ0v) is 21.9. The van der Waals surface area contributed by atoms with Crippen molar-refractivity contribution in [3.8, 4) is 0 Å². The molecule has 3 nitrogen and oxygen atoms in total. The third-order valence-corrected chi connectivity index (χ3v) is 6.55. The summed E-state index contributed by atoms with van der Waals surface area (Å²) in [6.45, 7) is 3.19. The van der Waals surface area contributed by atoms with Crippen LogP contribution < -0.4 is 0 Å². The van der Waals surface area contributed by atoms with Crippen LogP contribution in [0.4, 0.5) is 0 Å². The Morgan fingerprint density at radius 3 is 1.25 bits per heavy atom. The van der Waals surface area contributed by atoms with E-state index in [4.69, 9.17) is 9.84 Å². The van der Waals surface area contributed by atoms with Crippen molar-refractivity contribution in [2.75, 3.05) is 13.2 Å².